The number of carbonyl (C=O) groups excluding carboxylic acids is 3. The molecule has 16 nitrogen and oxygen atoms in total. The van der Waals surface area contributed by atoms with E-state index in [2.05, 4.69) is 35.4 Å². The van der Waals surface area contributed by atoms with E-state index >= 15 is 0 Å². The highest BCUT2D eigenvalue weighted by Crippen LogP contribution is 2.36. The minimum atomic E-state index is -4.02. The van der Waals surface area contributed by atoms with Crippen LogP contribution in [0.2, 0.25) is 5.02 Å². The van der Waals surface area contributed by atoms with Gasteiger partial charge >= 0.3 is 0 Å². The number of nitriles is 2. The molecule has 0 bridgehead atoms. The second-order valence-corrected chi connectivity index (χ2v) is 22.8. The number of hydrogen-bond acceptors (Lipinski definition) is 10. The monoisotopic (exact) mass is 1000 g/mol. The summed E-state index contributed by atoms with van der Waals surface area (Å²) in [5, 5.41) is 19.9. The average Bonchev–Trinajstić information content (AvgIpc) is 4.05. The third kappa shape index (κ3) is 13.0. The minimum Gasteiger partial charge on any atom is -0.369 e. The number of aryl methyl sites for hydroxylation is 4. The number of nitrogens with zero attached hydrogens (tertiary/aromatic N) is 6. The van der Waals surface area contributed by atoms with Gasteiger partial charge < -0.3 is 24.7 Å². The van der Waals surface area contributed by atoms with Gasteiger partial charge in [-0.25, -0.2) is 16.8 Å². The molecule has 2 aliphatic rings. The summed E-state index contributed by atoms with van der Waals surface area (Å²) >= 11 is 7.28. The van der Waals surface area contributed by atoms with Crippen LogP contribution in [0.25, 0.3) is 10.1 Å². The molecule has 2 unspecified atom stereocenters. The molecule has 0 radical (unpaired) electrons. The first-order chi connectivity index (χ1) is 32.3. The highest BCUT2D eigenvalue weighted by molar-refractivity contribution is 7.92. The number of hydrogen-bond donors (Lipinski definition) is 3. The average molecular weight is 1000 g/mol. The second-order valence-electron chi connectivity index (χ2n) is 17.7. The summed E-state index contributed by atoms with van der Waals surface area (Å²) in [7, 11) is -7.99. The maximum atomic E-state index is 13.5. The molecule has 4 N–H and O–H groups in total. The Hall–Kier alpha value is -5.54. The standard InChI is InChI=1S/C24H27ClN4O3S2.C24H31N5O4S/c1-16-7-11-29(12-8-16)23(30)21(9-13-28-10-3-4-19(28)15-26)27-34(31,32)24-17(2)20-14-18(25)5-6-22(20)33-24;1-17-7-11-29(12-8-17)24(31)21(9-13-28-10-3-4-20(28)16-25)27-34(32,33)22-6-5-19(14-18(22)2)15-23(26)30/h3-6,10,14,16,21,27H,7-9,11-13H2,1-2H3;3-6,10,14,17,21,27H,7-9,11-13,15H2,1-2H3,(H2,26,30). The predicted octanol–water partition coefficient (Wildman–Crippen LogP) is 6.22. The zero-order valence-electron chi connectivity index (χ0n) is 38.7. The quantitative estimate of drug-likeness (QED) is 0.102. The normalized spacial score (nSPS) is 15.8. The lowest BCUT2D eigenvalue weighted by atomic mass is 9.98. The van der Waals surface area contributed by atoms with Gasteiger partial charge in [0.15, 0.2) is 0 Å². The van der Waals surface area contributed by atoms with E-state index in [-0.39, 0.29) is 40.2 Å². The van der Waals surface area contributed by atoms with Crippen LogP contribution in [0.3, 0.4) is 0 Å². The van der Waals surface area contributed by atoms with Gasteiger partial charge in [-0.05, 0) is 135 Å². The molecule has 2 fully saturated rings. The number of nitrogens with two attached hydrogens (primary N) is 1. The van der Waals surface area contributed by atoms with Crippen LogP contribution < -0.4 is 15.2 Å². The molecule has 5 aromatic rings. The third-order valence-electron chi connectivity index (χ3n) is 12.6. The first-order valence-electron chi connectivity index (χ1n) is 22.6. The van der Waals surface area contributed by atoms with E-state index in [4.69, 9.17) is 17.3 Å². The molecule has 3 amide bonds. The number of rotatable bonds is 16. The van der Waals surface area contributed by atoms with Crippen LogP contribution >= 0.6 is 22.9 Å². The number of nitrogens with one attached hydrogen (secondary N) is 2. The molecule has 362 valence electrons. The molecule has 20 heteroatoms. The Kier molecular flexibility index (Phi) is 17.3. The van der Waals surface area contributed by atoms with Crippen LogP contribution in [0.1, 0.15) is 80.5 Å². The molecule has 68 heavy (non-hydrogen) atoms. The summed E-state index contributed by atoms with van der Waals surface area (Å²) in [5.41, 5.74) is 7.85. The maximum absolute atomic E-state index is 13.5. The van der Waals surface area contributed by atoms with Crippen molar-refractivity contribution in [3.05, 3.63) is 106 Å². The van der Waals surface area contributed by atoms with Gasteiger partial charge in [0.05, 0.1) is 11.3 Å². The van der Waals surface area contributed by atoms with Gasteiger partial charge in [-0.3, -0.25) is 14.4 Å². The zero-order valence-corrected chi connectivity index (χ0v) is 41.9. The molecular weight excluding hydrogens is 946 g/mol. The number of benzene rings is 2. The highest BCUT2D eigenvalue weighted by Gasteiger charge is 2.34. The molecule has 2 atom stereocenters. The molecule has 5 heterocycles. The summed E-state index contributed by atoms with van der Waals surface area (Å²) < 4.78 is 63.3. The lowest BCUT2D eigenvalue weighted by Gasteiger charge is -2.33. The van der Waals surface area contributed by atoms with E-state index in [0.29, 0.717) is 84.2 Å². The van der Waals surface area contributed by atoms with Crippen molar-refractivity contribution >= 4 is 70.8 Å². The number of carbonyl (C=O) groups is 3. The smallest absolute Gasteiger partial charge is 0.251 e. The zero-order chi connectivity index (χ0) is 49.3. The van der Waals surface area contributed by atoms with Crippen molar-refractivity contribution in [1.82, 2.24) is 28.4 Å². The van der Waals surface area contributed by atoms with Gasteiger partial charge in [0.25, 0.3) is 10.0 Å². The van der Waals surface area contributed by atoms with Crippen molar-refractivity contribution in [3.63, 3.8) is 0 Å². The Morgan fingerprint density at radius 3 is 1.74 bits per heavy atom. The number of likely N-dealkylation sites (tertiary alicyclic amines) is 2. The van der Waals surface area contributed by atoms with Crippen LogP contribution in [-0.2, 0) is 53.9 Å². The molecule has 7 rings (SSSR count). The SMILES string of the molecule is Cc1c(S(=O)(=O)NC(CCn2cccc2C#N)C(=O)N2CCC(C)CC2)sc2ccc(Cl)cc12.Cc1cc(CC(N)=O)ccc1S(=O)(=O)NC(CCn1cccc1C#N)C(=O)N1CCC(C)CC1. The third-order valence-corrected chi connectivity index (χ3v) is 17.8. The van der Waals surface area contributed by atoms with Crippen LogP contribution in [-0.4, -0.2) is 91.8 Å². The Balaban J connectivity index is 0.000000224. The Morgan fingerprint density at radius 1 is 0.765 bits per heavy atom. The van der Waals surface area contributed by atoms with Crippen LogP contribution in [0.4, 0.5) is 0 Å². The number of halogens is 1. The molecule has 3 aromatic heterocycles. The first-order valence-corrected chi connectivity index (χ1v) is 26.8. The van der Waals surface area contributed by atoms with Crippen molar-refractivity contribution < 1.29 is 31.2 Å². The van der Waals surface area contributed by atoms with Crippen LogP contribution in [0, 0.1) is 48.3 Å². The number of thiophene rings is 1. The highest BCUT2D eigenvalue weighted by atomic mass is 35.5. The topological polar surface area (TPSA) is 233 Å². The van der Waals surface area contributed by atoms with Gasteiger partial charge in [0.2, 0.25) is 27.7 Å². The molecule has 2 aliphatic heterocycles. The van der Waals surface area contributed by atoms with Crippen molar-refractivity contribution in [3.8, 4) is 12.1 Å². The first kappa shape index (κ1) is 51.8. The maximum Gasteiger partial charge on any atom is 0.251 e. The fourth-order valence-corrected chi connectivity index (χ4v) is 13.2. The summed E-state index contributed by atoms with van der Waals surface area (Å²) in [6, 6.07) is 19.1. The predicted molar refractivity (Wildman–Crippen MR) is 261 cm³/mol. The van der Waals surface area contributed by atoms with E-state index in [0.717, 1.165) is 35.8 Å². The van der Waals surface area contributed by atoms with E-state index in [1.54, 1.807) is 99.8 Å². The molecular formula is C48H58ClN9O7S3. The summed E-state index contributed by atoms with van der Waals surface area (Å²) in [6.45, 7) is 10.8. The lowest BCUT2D eigenvalue weighted by Crippen LogP contribution is -2.51. The number of sulfonamides is 2. The largest absolute Gasteiger partial charge is 0.369 e. The molecule has 2 saturated heterocycles. The second kappa shape index (κ2) is 22.7. The fraction of sp³-hybridized carbons (Fsp3) is 0.438. The number of amides is 3. The number of fused-ring (bicyclic) bond motifs is 1. The van der Waals surface area contributed by atoms with E-state index in [9.17, 15) is 41.7 Å². The number of primary amides is 1. The van der Waals surface area contributed by atoms with Crippen molar-refractivity contribution in [2.75, 3.05) is 26.2 Å². The summed E-state index contributed by atoms with van der Waals surface area (Å²) in [4.78, 5) is 41.5. The summed E-state index contributed by atoms with van der Waals surface area (Å²) in [6.07, 6.45) is 7.51. The Morgan fingerprint density at radius 2 is 1.26 bits per heavy atom. The van der Waals surface area contributed by atoms with E-state index < -0.39 is 38.0 Å². The van der Waals surface area contributed by atoms with Crippen LogP contribution in [0.5, 0.6) is 0 Å². The van der Waals surface area contributed by atoms with Gasteiger partial charge in [-0.1, -0.05) is 37.6 Å². The van der Waals surface area contributed by atoms with E-state index in [1.165, 1.54) is 17.4 Å². The molecule has 0 aliphatic carbocycles. The Labute approximate surface area is 407 Å². The molecule has 2 aromatic carbocycles. The van der Waals surface area contributed by atoms with Gasteiger partial charge in [0, 0.05) is 61.4 Å². The summed E-state index contributed by atoms with van der Waals surface area (Å²) in [5.74, 6) is 0.0903. The number of piperidine rings is 2. The van der Waals surface area contributed by atoms with Gasteiger partial charge in [0.1, 0.15) is 39.8 Å². The Bertz CT molecular complexity index is 2940. The van der Waals surface area contributed by atoms with Crippen molar-refractivity contribution in [2.45, 2.75) is 107 Å². The lowest BCUT2D eigenvalue weighted by molar-refractivity contribution is -0.135. The van der Waals surface area contributed by atoms with Gasteiger partial charge in [-0.15, -0.1) is 11.3 Å². The molecule has 0 saturated carbocycles. The van der Waals surface area contributed by atoms with Crippen LogP contribution in [0.15, 0.2) is 82.2 Å². The molecule has 0 spiro atoms. The minimum absolute atomic E-state index is 0.0151. The van der Waals surface area contributed by atoms with Crippen molar-refractivity contribution in [2.24, 2.45) is 17.6 Å². The van der Waals surface area contributed by atoms with E-state index in [1.807, 2.05) is 0 Å². The van der Waals surface area contributed by atoms with Gasteiger partial charge in [-0.2, -0.15) is 20.0 Å². The fourth-order valence-electron chi connectivity index (χ4n) is 8.56. The van der Waals surface area contributed by atoms with Crippen molar-refractivity contribution in [1.29, 1.82) is 10.5 Å². The number of aromatic nitrogens is 2.